The summed E-state index contributed by atoms with van der Waals surface area (Å²) in [7, 11) is 0. The van der Waals surface area contributed by atoms with Gasteiger partial charge in [-0.15, -0.1) is 0 Å². The largest absolute Gasteiger partial charge is 0.489 e. The number of benzene rings is 2. The molecule has 2 aromatic carbocycles. The summed E-state index contributed by atoms with van der Waals surface area (Å²) in [6, 6.07) is 12.1. The Balaban J connectivity index is 2.02. The van der Waals surface area contributed by atoms with E-state index in [0.717, 1.165) is 5.56 Å². The minimum Gasteiger partial charge on any atom is -0.489 e. The topological polar surface area (TPSA) is 76.7 Å². The molecule has 0 saturated heterocycles. The van der Waals surface area contributed by atoms with Crippen LogP contribution in [0, 0.1) is 0 Å². The van der Waals surface area contributed by atoms with Crippen molar-refractivity contribution in [2.45, 2.75) is 20.0 Å². The number of halogens is 1. The Morgan fingerprint density at radius 3 is 2.70 bits per heavy atom. The first-order valence-electron chi connectivity index (χ1n) is 7.11. The van der Waals surface area contributed by atoms with Crippen molar-refractivity contribution in [2.24, 2.45) is 5.10 Å². The average molecular weight is 332 g/mol. The highest BCUT2D eigenvalue weighted by Crippen LogP contribution is 2.25. The van der Waals surface area contributed by atoms with Crippen LogP contribution in [0.2, 0.25) is 5.02 Å². The summed E-state index contributed by atoms with van der Waals surface area (Å²) in [5.74, 6) is 0.241. The van der Waals surface area contributed by atoms with E-state index >= 15 is 0 Å². The molecule has 0 aliphatic rings. The quantitative estimate of drug-likeness (QED) is 0.500. The van der Waals surface area contributed by atoms with Crippen molar-refractivity contribution in [2.75, 3.05) is 5.73 Å². The van der Waals surface area contributed by atoms with Crippen molar-refractivity contribution in [3.05, 3.63) is 58.6 Å². The molecule has 0 fully saturated rings. The van der Waals surface area contributed by atoms with E-state index in [4.69, 9.17) is 22.1 Å². The van der Waals surface area contributed by atoms with Gasteiger partial charge in [-0.3, -0.25) is 4.79 Å². The van der Waals surface area contributed by atoms with Crippen LogP contribution in [-0.4, -0.2) is 18.2 Å². The Hall–Kier alpha value is -2.53. The predicted octanol–water partition coefficient (Wildman–Crippen LogP) is 3.47. The van der Waals surface area contributed by atoms with E-state index in [1.807, 2.05) is 13.8 Å². The van der Waals surface area contributed by atoms with Crippen LogP contribution in [0.3, 0.4) is 0 Å². The molecule has 0 aliphatic heterocycles. The standard InChI is InChI=1S/C17H18ClN3O2/c1-11(2)23-16-8-7-12(9-14(16)18)10-20-21-17(22)13-5-3-4-6-15(13)19/h3-11H,19H2,1-2H3,(H,21,22)/b20-10-. The van der Waals surface area contributed by atoms with Crippen LogP contribution < -0.4 is 15.9 Å². The Morgan fingerprint density at radius 2 is 2.04 bits per heavy atom. The Kier molecular flexibility index (Phi) is 5.60. The summed E-state index contributed by atoms with van der Waals surface area (Å²) in [6.45, 7) is 3.85. The molecule has 120 valence electrons. The average Bonchev–Trinajstić information content (AvgIpc) is 2.50. The normalized spacial score (nSPS) is 11.0. The fourth-order valence-electron chi connectivity index (χ4n) is 1.88. The zero-order valence-electron chi connectivity index (χ0n) is 12.9. The van der Waals surface area contributed by atoms with E-state index in [1.54, 1.807) is 42.5 Å². The summed E-state index contributed by atoms with van der Waals surface area (Å²) in [5.41, 5.74) is 9.69. The molecule has 0 spiro atoms. The van der Waals surface area contributed by atoms with Gasteiger partial charge in [0, 0.05) is 5.69 Å². The van der Waals surface area contributed by atoms with Gasteiger partial charge in [-0.05, 0) is 49.7 Å². The SMILES string of the molecule is CC(C)Oc1ccc(/C=N\NC(=O)c2ccccc2N)cc1Cl. The van der Waals surface area contributed by atoms with E-state index in [2.05, 4.69) is 10.5 Å². The molecule has 0 heterocycles. The first kappa shape index (κ1) is 16.8. The Labute approximate surface area is 140 Å². The number of carbonyl (C=O) groups excluding carboxylic acids is 1. The number of amides is 1. The Morgan fingerprint density at radius 1 is 1.30 bits per heavy atom. The third kappa shape index (κ3) is 4.72. The zero-order chi connectivity index (χ0) is 16.8. The number of nitrogens with two attached hydrogens (primary N) is 1. The highest BCUT2D eigenvalue weighted by Gasteiger charge is 2.07. The molecule has 0 aromatic heterocycles. The van der Waals surface area contributed by atoms with E-state index < -0.39 is 0 Å². The number of hydrogen-bond donors (Lipinski definition) is 2. The van der Waals surface area contributed by atoms with Gasteiger partial charge < -0.3 is 10.5 Å². The number of ether oxygens (including phenoxy) is 1. The number of hydrazone groups is 1. The zero-order valence-corrected chi connectivity index (χ0v) is 13.7. The molecule has 3 N–H and O–H groups in total. The van der Waals surface area contributed by atoms with Gasteiger partial charge in [-0.2, -0.15) is 5.10 Å². The van der Waals surface area contributed by atoms with Crippen LogP contribution in [0.25, 0.3) is 0 Å². The van der Waals surface area contributed by atoms with Crippen LogP contribution in [0.5, 0.6) is 5.75 Å². The van der Waals surface area contributed by atoms with Crippen LogP contribution in [0.1, 0.15) is 29.8 Å². The monoisotopic (exact) mass is 331 g/mol. The smallest absolute Gasteiger partial charge is 0.273 e. The van der Waals surface area contributed by atoms with Gasteiger partial charge >= 0.3 is 0 Å². The molecule has 0 bridgehead atoms. The van der Waals surface area contributed by atoms with E-state index in [-0.39, 0.29) is 12.0 Å². The summed E-state index contributed by atoms with van der Waals surface area (Å²) in [6.07, 6.45) is 1.55. The molecule has 0 saturated carbocycles. The lowest BCUT2D eigenvalue weighted by molar-refractivity contribution is 0.0956. The molecule has 23 heavy (non-hydrogen) atoms. The second kappa shape index (κ2) is 7.65. The minimum absolute atomic E-state index is 0.0441. The number of hydrogen-bond acceptors (Lipinski definition) is 4. The van der Waals surface area contributed by atoms with E-state index in [0.29, 0.717) is 22.0 Å². The first-order valence-corrected chi connectivity index (χ1v) is 7.49. The predicted molar refractivity (Wildman–Crippen MR) is 93.1 cm³/mol. The second-order valence-electron chi connectivity index (χ2n) is 5.14. The fourth-order valence-corrected chi connectivity index (χ4v) is 2.11. The van der Waals surface area contributed by atoms with Gasteiger partial charge in [0.15, 0.2) is 0 Å². The van der Waals surface area contributed by atoms with Crippen molar-refractivity contribution >= 4 is 29.4 Å². The maximum absolute atomic E-state index is 11.9. The van der Waals surface area contributed by atoms with Crippen molar-refractivity contribution in [3.8, 4) is 5.75 Å². The highest BCUT2D eigenvalue weighted by molar-refractivity contribution is 6.32. The van der Waals surface area contributed by atoms with Gasteiger partial charge in [0.1, 0.15) is 5.75 Å². The molecular formula is C17H18ClN3O2. The van der Waals surface area contributed by atoms with E-state index in [9.17, 15) is 4.79 Å². The first-order chi connectivity index (χ1) is 11.0. The third-order valence-corrected chi connectivity index (χ3v) is 3.20. The van der Waals surface area contributed by atoms with Crippen molar-refractivity contribution in [1.29, 1.82) is 0 Å². The summed E-state index contributed by atoms with van der Waals surface area (Å²) in [5, 5.41) is 4.40. The molecule has 1 amide bonds. The molecule has 0 atom stereocenters. The molecule has 2 aromatic rings. The number of rotatable bonds is 5. The van der Waals surface area contributed by atoms with Crippen molar-refractivity contribution in [3.63, 3.8) is 0 Å². The Bertz CT molecular complexity index is 730. The number of para-hydroxylation sites is 1. The summed E-state index contributed by atoms with van der Waals surface area (Å²) in [4.78, 5) is 11.9. The maximum atomic E-state index is 11.9. The van der Waals surface area contributed by atoms with Crippen LogP contribution in [-0.2, 0) is 0 Å². The van der Waals surface area contributed by atoms with Gasteiger partial charge in [0.05, 0.1) is 22.9 Å². The van der Waals surface area contributed by atoms with E-state index in [1.165, 1.54) is 6.21 Å². The van der Waals surface area contributed by atoms with Crippen LogP contribution >= 0.6 is 11.6 Å². The van der Waals surface area contributed by atoms with Crippen molar-refractivity contribution < 1.29 is 9.53 Å². The van der Waals surface area contributed by atoms with Crippen LogP contribution in [0.4, 0.5) is 5.69 Å². The lowest BCUT2D eigenvalue weighted by Crippen LogP contribution is -2.19. The number of carbonyl (C=O) groups is 1. The van der Waals surface area contributed by atoms with Crippen molar-refractivity contribution in [1.82, 2.24) is 5.43 Å². The summed E-state index contributed by atoms with van der Waals surface area (Å²) < 4.78 is 5.55. The lowest BCUT2D eigenvalue weighted by atomic mass is 10.2. The van der Waals surface area contributed by atoms with Gasteiger partial charge in [-0.1, -0.05) is 23.7 Å². The number of anilines is 1. The number of nitrogens with one attached hydrogen (secondary N) is 1. The molecule has 5 nitrogen and oxygen atoms in total. The third-order valence-electron chi connectivity index (χ3n) is 2.90. The molecule has 2 rings (SSSR count). The minimum atomic E-state index is -0.370. The second-order valence-corrected chi connectivity index (χ2v) is 5.55. The summed E-state index contributed by atoms with van der Waals surface area (Å²) >= 11 is 6.14. The fraction of sp³-hybridized carbons (Fsp3) is 0.176. The number of nitrogens with zero attached hydrogens (tertiary/aromatic N) is 1. The van der Waals surface area contributed by atoms with Gasteiger partial charge in [0.2, 0.25) is 0 Å². The highest BCUT2D eigenvalue weighted by atomic mass is 35.5. The molecule has 0 radical (unpaired) electrons. The number of nitrogen functional groups attached to an aromatic ring is 1. The maximum Gasteiger partial charge on any atom is 0.273 e. The molecule has 0 unspecified atom stereocenters. The van der Waals surface area contributed by atoms with Gasteiger partial charge in [0.25, 0.3) is 5.91 Å². The lowest BCUT2D eigenvalue weighted by Gasteiger charge is -2.11. The van der Waals surface area contributed by atoms with Crippen LogP contribution in [0.15, 0.2) is 47.6 Å². The van der Waals surface area contributed by atoms with Gasteiger partial charge in [-0.25, -0.2) is 5.43 Å². The molecular weight excluding hydrogens is 314 g/mol. The molecule has 6 heteroatoms. The molecule has 0 aliphatic carbocycles.